The van der Waals surface area contributed by atoms with Gasteiger partial charge >= 0.3 is 0 Å². The molecule has 2 aliphatic rings. The third-order valence-electron chi connectivity index (χ3n) is 8.91. The highest BCUT2D eigenvalue weighted by molar-refractivity contribution is 8.46. The number of benzene rings is 4. The van der Waals surface area contributed by atoms with E-state index in [-0.39, 0.29) is 7.61 Å². The summed E-state index contributed by atoms with van der Waals surface area (Å²) in [7, 11) is -0.859. The van der Waals surface area contributed by atoms with E-state index in [4.69, 9.17) is 0 Å². The summed E-state index contributed by atoms with van der Waals surface area (Å²) in [5, 5.41) is 6.23. The molecule has 0 N–H and O–H groups in total. The molecule has 206 valence electrons. The zero-order valence-corrected chi connectivity index (χ0v) is 26.4. The van der Waals surface area contributed by atoms with Gasteiger partial charge in [0, 0.05) is 0 Å². The SMILES string of the molecule is C(P(c1ccccc1)c1ccccc1)=P(c1ccccc1)(c1ccccc1)P(C1CCCCC1)C1CCCCC1. The summed E-state index contributed by atoms with van der Waals surface area (Å²) in [4.78, 5) is 0. The molecule has 0 aromatic heterocycles. The fourth-order valence-corrected chi connectivity index (χ4v) is 26.7. The minimum absolute atomic E-state index is 0.239. The lowest BCUT2D eigenvalue weighted by Gasteiger charge is -2.48. The summed E-state index contributed by atoms with van der Waals surface area (Å²) in [6.07, 6.45) is 14.3. The monoisotopic (exact) mass is 580 g/mol. The molecule has 0 amide bonds. The third-order valence-corrected chi connectivity index (χ3v) is 24.8. The fourth-order valence-electron chi connectivity index (χ4n) is 7.05. The first-order valence-electron chi connectivity index (χ1n) is 15.4. The fraction of sp³-hybridized carbons (Fsp3) is 0.324. The maximum Gasteiger partial charge on any atom is -0.0156 e. The van der Waals surface area contributed by atoms with Crippen molar-refractivity contribution in [2.24, 2.45) is 0 Å². The lowest BCUT2D eigenvalue weighted by Crippen LogP contribution is -2.28. The molecule has 0 heterocycles. The molecule has 2 saturated carbocycles. The summed E-state index contributed by atoms with van der Waals surface area (Å²) < 4.78 is 0. The highest BCUT2D eigenvalue weighted by atomic mass is 32.1. The van der Waals surface area contributed by atoms with Crippen LogP contribution in [0.2, 0.25) is 0 Å². The van der Waals surface area contributed by atoms with Gasteiger partial charge in [0.2, 0.25) is 0 Å². The molecular formula is C37H43P3. The minimum atomic E-state index is -1.87. The van der Waals surface area contributed by atoms with Crippen molar-refractivity contribution in [3.8, 4) is 0 Å². The molecule has 0 atom stereocenters. The maximum atomic E-state index is 3.02. The molecule has 4 aromatic rings. The van der Waals surface area contributed by atoms with Gasteiger partial charge < -0.3 is 0 Å². The smallest absolute Gasteiger partial charge is 0.0156 e. The Bertz CT molecular complexity index is 1260. The van der Waals surface area contributed by atoms with Crippen LogP contribution in [0.3, 0.4) is 0 Å². The van der Waals surface area contributed by atoms with Crippen LogP contribution in [0.4, 0.5) is 0 Å². The summed E-state index contributed by atoms with van der Waals surface area (Å²) in [5.41, 5.74) is 4.77. The standard InChI is InChI=1S/C37H43P3/c1-7-19-32(20-8-1)38(33-21-9-2-10-22-33)31-40(36-27-15-5-16-28-36,37-29-17-6-18-30-37)39(34-23-11-3-12-24-34)35-25-13-4-14-26-35/h1-2,5-10,15-22,27-31,34-35H,3-4,11-14,23-26H2. The second kappa shape index (κ2) is 13.8. The van der Waals surface area contributed by atoms with E-state index >= 15 is 0 Å². The lowest BCUT2D eigenvalue weighted by molar-refractivity contribution is 0.488. The van der Waals surface area contributed by atoms with E-state index in [1.165, 1.54) is 74.8 Å². The van der Waals surface area contributed by atoms with Gasteiger partial charge in [-0.2, -0.15) is 0 Å². The highest BCUT2D eigenvalue weighted by Crippen LogP contribution is 2.82. The Labute approximate surface area is 245 Å². The Kier molecular flexibility index (Phi) is 9.72. The molecule has 40 heavy (non-hydrogen) atoms. The molecule has 6 rings (SSSR count). The average molecular weight is 581 g/mol. The molecule has 0 unspecified atom stereocenters. The predicted molar refractivity (Wildman–Crippen MR) is 185 cm³/mol. The molecule has 0 radical (unpaired) electrons. The first-order valence-corrected chi connectivity index (χ1v) is 20.9. The van der Waals surface area contributed by atoms with Crippen LogP contribution in [-0.4, -0.2) is 16.9 Å². The van der Waals surface area contributed by atoms with Gasteiger partial charge in [-0.05, 0) is 78.3 Å². The van der Waals surface area contributed by atoms with Crippen LogP contribution in [0.1, 0.15) is 64.2 Å². The molecule has 0 aliphatic heterocycles. The first kappa shape index (κ1) is 28.2. The average Bonchev–Trinajstić information content (AvgIpc) is 3.05. The Morgan fingerprint density at radius 3 is 1.18 bits per heavy atom. The predicted octanol–water partition coefficient (Wildman–Crippen LogP) is 9.61. The van der Waals surface area contributed by atoms with Gasteiger partial charge in [-0.25, -0.2) is 0 Å². The van der Waals surface area contributed by atoms with Crippen molar-refractivity contribution in [3.05, 3.63) is 121 Å². The van der Waals surface area contributed by atoms with Gasteiger partial charge in [0.05, 0.1) is 0 Å². The van der Waals surface area contributed by atoms with Crippen LogP contribution in [0.15, 0.2) is 121 Å². The lowest BCUT2D eigenvalue weighted by atomic mass is 10.00. The van der Waals surface area contributed by atoms with Crippen molar-refractivity contribution in [2.45, 2.75) is 75.5 Å². The van der Waals surface area contributed by atoms with Crippen LogP contribution in [0.5, 0.6) is 0 Å². The van der Waals surface area contributed by atoms with Crippen LogP contribution in [-0.2, 0) is 0 Å². The second-order valence-electron chi connectivity index (χ2n) is 11.5. The van der Waals surface area contributed by atoms with Crippen molar-refractivity contribution >= 4 is 48.9 Å². The van der Waals surface area contributed by atoms with Crippen molar-refractivity contribution in [1.82, 2.24) is 0 Å². The molecule has 0 bridgehead atoms. The number of hydrogen-bond donors (Lipinski definition) is 0. The van der Waals surface area contributed by atoms with Crippen molar-refractivity contribution in [2.75, 3.05) is 0 Å². The van der Waals surface area contributed by atoms with Crippen molar-refractivity contribution in [3.63, 3.8) is 0 Å². The molecule has 4 aromatic carbocycles. The zero-order chi connectivity index (χ0) is 27.0. The van der Waals surface area contributed by atoms with Gasteiger partial charge in [-0.1, -0.05) is 167 Å². The Morgan fingerprint density at radius 2 is 0.800 bits per heavy atom. The van der Waals surface area contributed by atoms with E-state index in [2.05, 4.69) is 127 Å². The highest BCUT2D eigenvalue weighted by Gasteiger charge is 2.42. The topological polar surface area (TPSA) is 0 Å². The largest absolute Gasteiger partial charge is 0.0663 e. The van der Waals surface area contributed by atoms with E-state index in [0.717, 1.165) is 11.3 Å². The van der Waals surface area contributed by atoms with Crippen LogP contribution in [0, 0.1) is 0 Å². The van der Waals surface area contributed by atoms with Crippen LogP contribution < -0.4 is 21.2 Å². The van der Waals surface area contributed by atoms with Crippen LogP contribution >= 0.6 is 22.1 Å². The van der Waals surface area contributed by atoms with E-state index in [1.54, 1.807) is 10.6 Å². The van der Waals surface area contributed by atoms with Crippen molar-refractivity contribution in [1.29, 1.82) is 0 Å². The van der Waals surface area contributed by atoms with Gasteiger partial charge in [-0.15, -0.1) is 0 Å². The third kappa shape index (κ3) is 6.12. The second-order valence-corrected chi connectivity index (χ2v) is 22.1. The molecule has 0 saturated heterocycles. The van der Waals surface area contributed by atoms with Gasteiger partial charge in [-0.3, -0.25) is 0 Å². The number of hydrogen-bond acceptors (Lipinski definition) is 0. The molecule has 0 spiro atoms. The quantitative estimate of drug-likeness (QED) is 0.182. The Balaban J connectivity index is 1.69. The molecule has 3 heteroatoms. The maximum absolute atomic E-state index is 3.02. The van der Waals surface area contributed by atoms with E-state index in [9.17, 15) is 0 Å². The van der Waals surface area contributed by atoms with E-state index in [1.807, 2.05) is 0 Å². The molecular weight excluding hydrogens is 537 g/mol. The Hall–Kier alpha value is -1.96. The summed E-state index contributed by atoms with van der Waals surface area (Å²) in [6, 6.07) is 46.7. The summed E-state index contributed by atoms with van der Waals surface area (Å²) in [5.74, 6) is 0. The summed E-state index contributed by atoms with van der Waals surface area (Å²) in [6.45, 7) is -1.87. The molecule has 2 aliphatic carbocycles. The molecule has 0 nitrogen and oxygen atoms in total. The number of rotatable bonds is 8. The minimum Gasteiger partial charge on any atom is -0.0663 e. The van der Waals surface area contributed by atoms with E-state index < -0.39 is 14.5 Å². The summed E-state index contributed by atoms with van der Waals surface area (Å²) >= 11 is 0. The van der Waals surface area contributed by atoms with E-state index in [0.29, 0.717) is 0 Å². The van der Waals surface area contributed by atoms with Gasteiger partial charge in [0.1, 0.15) is 0 Å². The normalized spacial score (nSPS) is 17.2. The van der Waals surface area contributed by atoms with Gasteiger partial charge in [0.25, 0.3) is 0 Å². The van der Waals surface area contributed by atoms with Crippen molar-refractivity contribution < 1.29 is 0 Å². The zero-order valence-electron chi connectivity index (χ0n) is 23.7. The molecule has 2 fully saturated rings. The Morgan fingerprint density at radius 1 is 0.450 bits per heavy atom. The van der Waals surface area contributed by atoms with Gasteiger partial charge in [0.15, 0.2) is 0 Å². The van der Waals surface area contributed by atoms with Crippen LogP contribution in [0.25, 0.3) is 0 Å². The first-order chi connectivity index (χ1) is 19.9.